The van der Waals surface area contributed by atoms with Crippen LogP contribution in [0.3, 0.4) is 0 Å². The first kappa shape index (κ1) is 17.0. The van der Waals surface area contributed by atoms with Gasteiger partial charge in [0.25, 0.3) is 5.56 Å². The van der Waals surface area contributed by atoms with Crippen molar-refractivity contribution in [1.82, 2.24) is 9.97 Å². The lowest BCUT2D eigenvalue weighted by molar-refractivity contribution is 0.328. The number of fused-ring (bicyclic) bond motifs is 1. The molecular weight excluding hydrogens is 300 g/mol. The van der Waals surface area contributed by atoms with E-state index in [1.165, 1.54) is 51.4 Å². The van der Waals surface area contributed by atoms with Gasteiger partial charge in [0.05, 0.1) is 18.1 Å². The second kappa shape index (κ2) is 8.32. The van der Waals surface area contributed by atoms with Crippen LogP contribution in [0.1, 0.15) is 63.5 Å². The summed E-state index contributed by atoms with van der Waals surface area (Å²) < 4.78 is 5.18. The van der Waals surface area contributed by atoms with E-state index in [2.05, 4.69) is 9.97 Å². The van der Waals surface area contributed by atoms with Gasteiger partial charge in [0.15, 0.2) is 0 Å². The summed E-state index contributed by atoms with van der Waals surface area (Å²) in [6.07, 6.45) is 12.8. The van der Waals surface area contributed by atoms with Gasteiger partial charge in [0.1, 0.15) is 11.4 Å². The number of H-pyrrole nitrogens is 1. The van der Waals surface area contributed by atoms with E-state index in [0.717, 1.165) is 35.5 Å². The molecule has 3 rings (SSSR count). The Morgan fingerprint density at radius 3 is 2.79 bits per heavy atom. The van der Waals surface area contributed by atoms with Gasteiger partial charge in [-0.05, 0) is 30.9 Å². The second-order valence-electron chi connectivity index (χ2n) is 7.00. The molecule has 1 aliphatic rings. The molecule has 1 saturated carbocycles. The van der Waals surface area contributed by atoms with Crippen LogP contribution in [-0.2, 0) is 6.42 Å². The minimum atomic E-state index is -0.0666. The van der Waals surface area contributed by atoms with E-state index in [1.54, 1.807) is 7.11 Å². The quantitative estimate of drug-likeness (QED) is 0.755. The largest absolute Gasteiger partial charge is 0.497 e. The number of rotatable bonds is 7. The monoisotopic (exact) mass is 328 g/mol. The summed E-state index contributed by atoms with van der Waals surface area (Å²) in [5, 5.41) is 0. The first-order chi connectivity index (χ1) is 11.8. The van der Waals surface area contributed by atoms with Crippen LogP contribution in [0.15, 0.2) is 23.0 Å². The van der Waals surface area contributed by atoms with E-state index in [0.29, 0.717) is 5.69 Å². The highest BCUT2D eigenvalue weighted by Crippen LogP contribution is 2.28. The van der Waals surface area contributed by atoms with Crippen molar-refractivity contribution in [3.8, 4) is 5.75 Å². The fraction of sp³-hybridized carbons (Fsp3) is 0.600. The predicted molar refractivity (Wildman–Crippen MR) is 97.7 cm³/mol. The van der Waals surface area contributed by atoms with Crippen molar-refractivity contribution >= 4 is 11.0 Å². The maximum atomic E-state index is 12.2. The Balaban J connectivity index is 1.51. The summed E-state index contributed by atoms with van der Waals surface area (Å²) in [5.41, 5.74) is 2.15. The summed E-state index contributed by atoms with van der Waals surface area (Å²) in [5.74, 6) is 1.69. The SMILES string of the molecule is COc1ccc2nc(CCCCCC3CCCCC3)c(=O)[nH]c2c1. The van der Waals surface area contributed by atoms with E-state index in [1.807, 2.05) is 18.2 Å². The normalized spacial score (nSPS) is 15.7. The molecular formula is C20H28N2O2. The Hall–Kier alpha value is -1.84. The number of aromatic nitrogens is 2. The lowest BCUT2D eigenvalue weighted by atomic mass is 9.85. The number of methoxy groups -OCH3 is 1. The van der Waals surface area contributed by atoms with Crippen molar-refractivity contribution in [2.75, 3.05) is 7.11 Å². The lowest BCUT2D eigenvalue weighted by Crippen LogP contribution is -2.15. The molecule has 1 aromatic heterocycles. The van der Waals surface area contributed by atoms with Crippen LogP contribution in [-0.4, -0.2) is 17.1 Å². The number of nitrogens with zero attached hydrogens (tertiary/aromatic N) is 1. The fourth-order valence-corrected chi connectivity index (χ4v) is 3.78. The van der Waals surface area contributed by atoms with Crippen LogP contribution >= 0.6 is 0 Å². The molecule has 0 saturated heterocycles. The average Bonchev–Trinajstić information content (AvgIpc) is 2.62. The van der Waals surface area contributed by atoms with E-state index < -0.39 is 0 Å². The van der Waals surface area contributed by atoms with Crippen LogP contribution in [0, 0.1) is 5.92 Å². The number of benzene rings is 1. The van der Waals surface area contributed by atoms with E-state index in [4.69, 9.17) is 4.74 Å². The molecule has 24 heavy (non-hydrogen) atoms. The van der Waals surface area contributed by atoms with Crippen LogP contribution < -0.4 is 10.3 Å². The van der Waals surface area contributed by atoms with Crippen molar-refractivity contribution in [2.24, 2.45) is 5.92 Å². The molecule has 0 spiro atoms. The van der Waals surface area contributed by atoms with Gasteiger partial charge in [-0.25, -0.2) is 4.98 Å². The minimum Gasteiger partial charge on any atom is -0.497 e. The average molecular weight is 328 g/mol. The first-order valence-corrected chi connectivity index (χ1v) is 9.33. The molecule has 1 aliphatic carbocycles. The molecule has 2 aromatic rings. The minimum absolute atomic E-state index is 0.0666. The van der Waals surface area contributed by atoms with Gasteiger partial charge in [-0.15, -0.1) is 0 Å². The highest BCUT2D eigenvalue weighted by atomic mass is 16.5. The zero-order valence-electron chi connectivity index (χ0n) is 14.6. The smallest absolute Gasteiger partial charge is 0.270 e. The van der Waals surface area contributed by atoms with Gasteiger partial charge >= 0.3 is 0 Å². The molecule has 0 unspecified atom stereocenters. The molecule has 1 heterocycles. The van der Waals surface area contributed by atoms with Crippen molar-refractivity contribution < 1.29 is 4.74 Å². The third-order valence-electron chi connectivity index (χ3n) is 5.22. The molecule has 1 N–H and O–H groups in total. The summed E-state index contributed by atoms with van der Waals surface area (Å²) in [4.78, 5) is 19.7. The van der Waals surface area contributed by atoms with Crippen LogP contribution in [0.4, 0.5) is 0 Å². The third-order valence-corrected chi connectivity index (χ3v) is 5.22. The van der Waals surface area contributed by atoms with Gasteiger partial charge in [-0.3, -0.25) is 4.79 Å². The Morgan fingerprint density at radius 1 is 1.17 bits per heavy atom. The third kappa shape index (κ3) is 4.37. The number of hydrogen-bond acceptors (Lipinski definition) is 3. The second-order valence-corrected chi connectivity index (χ2v) is 7.00. The van der Waals surface area contributed by atoms with Crippen molar-refractivity contribution in [1.29, 1.82) is 0 Å². The molecule has 1 aromatic carbocycles. The molecule has 130 valence electrons. The van der Waals surface area contributed by atoms with Gasteiger partial charge in [0.2, 0.25) is 0 Å². The number of unbranched alkanes of at least 4 members (excludes halogenated alkanes) is 2. The van der Waals surface area contributed by atoms with E-state index in [-0.39, 0.29) is 5.56 Å². The standard InChI is InChI=1S/C20H28N2O2/c1-24-16-12-13-17-19(14-16)22-20(23)18(21-17)11-7-3-6-10-15-8-4-2-5-9-15/h12-15H,2-11H2,1H3,(H,22,23). The maximum absolute atomic E-state index is 12.2. The van der Waals surface area contributed by atoms with Gasteiger partial charge in [-0.1, -0.05) is 51.4 Å². The number of nitrogens with one attached hydrogen (secondary N) is 1. The van der Waals surface area contributed by atoms with Gasteiger partial charge in [-0.2, -0.15) is 0 Å². The molecule has 0 bridgehead atoms. The molecule has 0 aliphatic heterocycles. The van der Waals surface area contributed by atoms with Gasteiger partial charge in [0, 0.05) is 6.07 Å². The van der Waals surface area contributed by atoms with Crippen molar-refractivity contribution in [3.63, 3.8) is 0 Å². The van der Waals surface area contributed by atoms with Gasteiger partial charge < -0.3 is 9.72 Å². The molecule has 0 atom stereocenters. The Bertz CT molecular complexity index is 717. The number of aryl methyl sites for hydroxylation is 1. The molecule has 0 radical (unpaired) electrons. The topological polar surface area (TPSA) is 55.0 Å². The maximum Gasteiger partial charge on any atom is 0.270 e. The number of aromatic amines is 1. The number of hydrogen-bond donors (Lipinski definition) is 1. The number of ether oxygens (including phenoxy) is 1. The van der Waals surface area contributed by atoms with Crippen LogP contribution in [0.2, 0.25) is 0 Å². The Kier molecular flexibility index (Phi) is 5.89. The first-order valence-electron chi connectivity index (χ1n) is 9.33. The van der Waals surface area contributed by atoms with Crippen LogP contribution in [0.5, 0.6) is 5.75 Å². The molecule has 0 amide bonds. The summed E-state index contributed by atoms with van der Waals surface area (Å²) >= 11 is 0. The highest BCUT2D eigenvalue weighted by molar-refractivity contribution is 5.75. The summed E-state index contributed by atoms with van der Waals surface area (Å²) in [6, 6.07) is 5.59. The van der Waals surface area contributed by atoms with Crippen molar-refractivity contribution in [3.05, 3.63) is 34.2 Å². The van der Waals surface area contributed by atoms with Crippen LogP contribution in [0.25, 0.3) is 11.0 Å². The van der Waals surface area contributed by atoms with E-state index >= 15 is 0 Å². The molecule has 4 nitrogen and oxygen atoms in total. The Labute approximate surface area is 143 Å². The summed E-state index contributed by atoms with van der Waals surface area (Å²) in [7, 11) is 1.62. The van der Waals surface area contributed by atoms with E-state index in [9.17, 15) is 4.79 Å². The highest BCUT2D eigenvalue weighted by Gasteiger charge is 2.12. The Morgan fingerprint density at radius 2 is 2.00 bits per heavy atom. The summed E-state index contributed by atoms with van der Waals surface area (Å²) in [6.45, 7) is 0. The molecule has 1 fully saturated rings. The zero-order chi connectivity index (χ0) is 16.8. The zero-order valence-corrected chi connectivity index (χ0v) is 14.6. The van der Waals surface area contributed by atoms with Crippen molar-refractivity contribution in [2.45, 2.75) is 64.2 Å². The predicted octanol–water partition coefficient (Wildman–Crippen LogP) is 4.61. The fourth-order valence-electron chi connectivity index (χ4n) is 3.78. The lowest BCUT2D eigenvalue weighted by Gasteiger charge is -2.21. The molecule has 4 heteroatoms.